The molecule has 3 nitrogen and oxygen atoms in total. The highest BCUT2D eigenvalue weighted by Crippen LogP contribution is 2.59. The highest BCUT2D eigenvalue weighted by atomic mass is 32.1. The Morgan fingerprint density at radius 3 is 2.67 bits per heavy atom. The van der Waals surface area contributed by atoms with E-state index in [1.54, 1.807) is 0 Å². The lowest BCUT2D eigenvalue weighted by Crippen LogP contribution is -2.36. The Labute approximate surface area is 166 Å². The molecular formula is C23H30N2OS. The van der Waals surface area contributed by atoms with E-state index < -0.39 is 0 Å². The molecule has 144 valence electrons. The molecule has 4 heteroatoms. The van der Waals surface area contributed by atoms with Crippen molar-refractivity contribution >= 4 is 17.2 Å². The summed E-state index contributed by atoms with van der Waals surface area (Å²) < 4.78 is 0. The number of rotatable bonds is 7. The number of carbonyl (C=O) groups is 1. The van der Waals surface area contributed by atoms with Crippen molar-refractivity contribution in [1.82, 2.24) is 10.2 Å². The monoisotopic (exact) mass is 382 g/mol. The van der Waals surface area contributed by atoms with E-state index in [0.717, 1.165) is 45.4 Å². The SMILES string of the molecule is Cc1ccc(CN2CCC3(CC2)C[C@@H]3C(=O)NCCCc2ccccc2)s1. The molecule has 1 saturated heterocycles. The molecule has 4 rings (SSSR count). The fourth-order valence-electron chi connectivity index (χ4n) is 4.49. The van der Waals surface area contributed by atoms with Crippen LogP contribution in [0.5, 0.6) is 0 Å². The van der Waals surface area contributed by atoms with E-state index in [2.05, 4.69) is 53.5 Å². The second kappa shape index (κ2) is 8.15. The molecule has 2 fully saturated rings. The molecule has 1 aliphatic carbocycles. The van der Waals surface area contributed by atoms with E-state index in [-0.39, 0.29) is 5.92 Å². The molecule has 2 aliphatic rings. The zero-order valence-corrected chi connectivity index (χ0v) is 17.1. The minimum atomic E-state index is 0.264. The zero-order valence-electron chi connectivity index (χ0n) is 16.2. The van der Waals surface area contributed by atoms with Crippen molar-refractivity contribution in [3.05, 3.63) is 57.8 Å². The molecular weight excluding hydrogens is 352 g/mol. The van der Waals surface area contributed by atoms with Gasteiger partial charge in [-0.3, -0.25) is 9.69 Å². The summed E-state index contributed by atoms with van der Waals surface area (Å²) in [5.41, 5.74) is 1.66. The van der Waals surface area contributed by atoms with Gasteiger partial charge in [0.2, 0.25) is 5.91 Å². The highest BCUT2D eigenvalue weighted by molar-refractivity contribution is 7.11. The Morgan fingerprint density at radius 1 is 1.19 bits per heavy atom. The first kappa shape index (κ1) is 18.7. The number of benzene rings is 1. The van der Waals surface area contributed by atoms with Crippen LogP contribution in [0.25, 0.3) is 0 Å². The van der Waals surface area contributed by atoms with Gasteiger partial charge in [0.1, 0.15) is 0 Å². The van der Waals surface area contributed by atoms with Gasteiger partial charge in [-0.25, -0.2) is 0 Å². The maximum Gasteiger partial charge on any atom is 0.223 e. The summed E-state index contributed by atoms with van der Waals surface area (Å²) in [6, 6.07) is 15.0. The van der Waals surface area contributed by atoms with E-state index in [9.17, 15) is 4.79 Å². The minimum absolute atomic E-state index is 0.264. The van der Waals surface area contributed by atoms with Crippen LogP contribution >= 0.6 is 11.3 Å². The van der Waals surface area contributed by atoms with Crippen molar-refractivity contribution in [2.45, 2.75) is 45.6 Å². The Morgan fingerprint density at radius 2 is 1.96 bits per heavy atom. The zero-order chi connectivity index (χ0) is 18.7. The van der Waals surface area contributed by atoms with Gasteiger partial charge in [-0.15, -0.1) is 11.3 Å². The van der Waals surface area contributed by atoms with E-state index in [1.807, 2.05) is 17.4 Å². The van der Waals surface area contributed by atoms with Crippen LogP contribution in [-0.4, -0.2) is 30.4 Å². The number of aryl methyl sites for hydroxylation is 2. The van der Waals surface area contributed by atoms with Gasteiger partial charge in [0.25, 0.3) is 0 Å². The smallest absolute Gasteiger partial charge is 0.223 e. The molecule has 1 spiro atoms. The highest BCUT2D eigenvalue weighted by Gasteiger charge is 2.58. The molecule has 27 heavy (non-hydrogen) atoms. The van der Waals surface area contributed by atoms with Crippen molar-refractivity contribution in [1.29, 1.82) is 0 Å². The summed E-state index contributed by atoms with van der Waals surface area (Å²) in [4.78, 5) is 18.0. The van der Waals surface area contributed by atoms with E-state index in [4.69, 9.17) is 0 Å². The molecule has 0 radical (unpaired) electrons. The number of amides is 1. The number of hydrogen-bond acceptors (Lipinski definition) is 3. The number of hydrogen-bond donors (Lipinski definition) is 1. The molecule has 2 heterocycles. The van der Waals surface area contributed by atoms with Crippen LogP contribution in [-0.2, 0) is 17.8 Å². The van der Waals surface area contributed by atoms with Crippen molar-refractivity contribution in [2.24, 2.45) is 11.3 Å². The van der Waals surface area contributed by atoms with E-state index >= 15 is 0 Å². The van der Waals surface area contributed by atoms with E-state index in [1.165, 1.54) is 28.2 Å². The number of carbonyl (C=O) groups excluding carboxylic acids is 1. The van der Waals surface area contributed by atoms with Crippen LogP contribution in [0.1, 0.15) is 41.0 Å². The summed E-state index contributed by atoms with van der Waals surface area (Å²) in [5.74, 6) is 0.561. The molecule has 1 N–H and O–H groups in total. The summed E-state index contributed by atoms with van der Waals surface area (Å²) >= 11 is 1.91. The fourth-order valence-corrected chi connectivity index (χ4v) is 5.42. The van der Waals surface area contributed by atoms with Crippen LogP contribution in [0, 0.1) is 18.3 Å². The summed E-state index contributed by atoms with van der Waals surface area (Å²) in [6.07, 6.45) is 5.51. The number of thiophene rings is 1. The molecule has 1 amide bonds. The third kappa shape index (κ3) is 4.61. The lowest BCUT2D eigenvalue weighted by molar-refractivity contribution is -0.123. The predicted octanol–water partition coefficient (Wildman–Crippen LogP) is 4.41. The third-order valence-electron chi connectivity index (χ3n) is 6.32. The number of nitrogens with one attached hydrogen (secondary N) is 1. The van der Waals surface area contributed by atoms with Gasteiger partial charge < -0.3 is 5.32 Å². The topological polar surface area (TPSA) is 32.3 Å². The maximum absolute atomic E-state index is 12.5. The lowest BCUT2D eigenvalue weighted by Gasteiger charge is -2.32. The molecule has 0 bridgehead atoms. The van der Waals surface area contributed by atoms with Gasteiger partial charge in [-0.2, -0.15) is 0 Å². The van der Waals surface area contributed by atoms with Crippen molar-refractivity contribution in [2.75, 3.05) is 19.6 Å². The predicted molar refractivity (Wildman–Crippen MR) is 112 cm³/mol. The second-order valence-corrected chi connectivity index (χ2v) is 9.66. The summed E-state index contributed by atoms with van der Waals surface area (Å²) in [5, 5.41) is 3.19. The maximum atomic E-state index is 12.5. The first-order chi connectivity index (χ1) is 13.1. The van der Waals surface area contributed by atoms with Crippen LogP contribution in [0.4, 0.5) is 0 Å². The third-order valence-corrected chi connectivity index (χ3v) is 7.30. The molecule has 2 aromatic rings. The van der Waals surface area contributed by atoms with Gasteiger partial charge >= 0.3 is 0 Å². The van der Waals surface area contributed by atoms with Crippen LogP contribution < -0.4 is 5.32 Å². The minimum Gasteiger partial charge on any atom is -0.356 e. The van der Waals surface area contributed by atoms with Crippen LogP contribution in [0.3, 0.4) is 0 Å². The van der Waals surface area contributed by atoms with Gasteiger partial charge in [0.05, 0.1) is 0 Å². The Balaban J connectivity index is 1.16. The molecule has 1 atom stereocenters. The molecule has 1 aromatic carbocycles. The van der Waals surface area contributed by atoms with Crippen molar-refractivity contribution < 1.29 is 4.79 Å². The first-order valence-corrected chi connectivity index (χ1v) is 11.1. The van der Waals surface area contributed by atoms with Crippen LogP contribution in [0.15, 0.2) is 42.5 Å². The van der Waals surface area contributed by atoms with Crippen molar-refractivity contribution in [3.8, 4) is 0 Å². The number of nitrogens with zero attached hydrogens (tertiary/aromatic N) is 1. The lowest BCUT2D eigenvalue weighted by atomic mass is 9.90. The number of likely N-dealkylation sites (tertiary alicyclic amines) is 1. The molecule has 0 unspecified atom stereocenters. The average molecular weight is 383 g/mol. The normalized spacial score (nSPS) is 21.3. The Hall–Kier alpha value is -1.65. The molecule has 1 saturated carbocycles. The Bertz CT molecular complexity index is 762. The van der Waals surface area contributed by atoms with Crippen molar-refractivity contribution in [3.63, 3.8) is 0 Å². The van der Waals surface area contributed by atoms with E-state index in [0.29, 0.717) is 11.3 Å². The standard InChI is InChI=1S/C23H30N2OS/c1-18-9-10-20(27-18)17-25-14-11-23(12-15-25)16-21(23)22(26)24-13-5-8-19-6-3-2-4-7-19/h2-4,6-7,9-10,21H,5,8,11-17H2,1H3,(H,24,26)/t21-/m1/s1. The first-order valence-electron chi connectivity index (χ1n) is 10.2. The van der Waals surface area contributed by atoms with Gasteiger partial charge in [-0.1, -0.05) is 30.3 Å². The number of piperidine rings is 1. The second-order valence-electron chi connectivity index (χ2n) is 8.29. The Kier molecular flexibility index (Phi) is 5.65. The van der Waals surface area contributed by atoms with Gasteiger partial charge in [0, 0.05) is 28.8 Å². The molecule has 1 aromatic heterocycles. The average Bonchev–Trinajstić information content (AvgIpc) is 3.24. The van der Waals surface area contributed by atoms with Gasteiger partial charge in [0.15, 0.2) is 0 Å². The van der Waals surface area contributed by atoms with Crippen LogP contribution in [0.2, 0.25) is 0 Å². The molecule has 1 aliphatic heterocycles. The quantitative estimate of drug-likeness (QED) is 0.720. The largest absolute Gasteiger partial charge is 0.356 e. The van der Waals surface area contributed by atoms with Gasteiger partial charge in [-0.05, 0) is 75.2 Å². The summed E-state index contributed by atoms with van der Waals surface area (Å²) in [6.45, 7) is 6.31. The fraction of sp³-hybridized carbons (Fsp3) is 0.522. The summed E-state index contributed by atoms with van der Waals surface area (Å²) in [7, 11) is 0.